The quantitative estimate of drug-likeness (QED) is 0.784. The minimum Gasteiger partial charge on any atom is -0.308 e. The fourth-order valence-electron chi connectivity index (χ4n) is 2.67. The number of hydrogen-bond donors (Lipinski definition) is 1. The molecule has 21 heavy (non-hydrogen) atoms. The second kappa shape index (κ2) is 5.62. The van der Waals surface area contributed by atoms with Crippen molar-refractivity contribution in [1.29, 1.82) is 0 Å². The van der Waals surface area contributed by atoms with E-state index in [1.165, 1.54) is 6.07 Å². The number of nitrogens with one attached hydrogen (secondary N) is 1. The van der Waals surface area contributed by atoms with Gasteiger partial charge in [0.1, 0.15) is 5.82 Å². The standard InChI is InChI=1S/C18H17FN2/c1-12-11-14(19)8-9-15(12)18(20-2)17-10-7-13-5-3-4-6-16(13)21-17/h3-11,18,20H,1-2H3. The lowest BCUT2D eigenvalue weighted by molar-refractivity contribution is 0.619. The van der Waals surface area contributed by atoms with Gasteiger partial charge >= 0.3 is 0 Å². The number of halogens is 1. The number of para-hydroxylation sites is 1. The summed E-state index contributed by atoms with van der Waals surface area (Å²) in [5.41, 5.74) is 3.87. The molecule has 0 bridgehead atoms. The van der Waals surface area contributed by atoms with Crippen LogP contribution in [0.1, 0.15) is 22.9 Å². The molecule has 1 aromatic heterocycles. The van der Waals surface area contributed by atoms with E-state index in [4.69, 9.17) is 4.98 Å². The molecule has 0 radical (unpaired) electrons. The van der Waals surface area contributed by atoms with Crippen LogP contribution in [-0.4, -0.2) is 12.0 Å². The highest BCUT2D eigenvalue weighted by Crippen LogP contribution is 2.25. The molecule has 0 amide bonds. The van der Waals surface area contributed by atoms with Crippen molar-refractivity contribution >= 4 is 10.9 Å². The van der Waals surface area contributed by atoms with Gasteiger partial charge in [-0.25, -0.2) is 4.39 Å². The maximum atomic E-state index is 13.3. The SMILES string of the molecule is CNC(c1ccc2ccccc2n1)c1ccc(F)cc1C. The summed E-state index contributed by atoms with van der Waals surface area (Å²) in [7, 11) is 1.89. The number of fused-ring (bicyclic) bond motifs is 1. The molecule has 3 aromatic rings. The number of pyridine rings is 1. The van der Waals surface area contributed by atoms with Crippen molar-refractivity contribution < 1.29 is 4.39 Å². The Morgan fingerprint density at radius 3 is 2.62 bits per heavy atom. The predicted octanol–water partition coefficient (Wildman–Crippen LogP) is 3.99. The Labute approximate surface area is 123 Å². The van der Waals surface area contributed by atoms with Crippen molar-refractivity contribution in [3.63, 3.8) is 0 Å². The molecular weight excluding hydrogens is 263 g/mol. The smallest absolute Gasteiger partial charge is 0.123 e. The maximum absolute atomic E-state index is 13.3. The number of aromatic nitrogens is 1. The molecule has 3 heteroatoms. The molecule has 0 aliphatic rings. The Morgan fingerprint density at radius 1 is 1.05 bits per heavy atom. The first-order valence-corrected chi connectivity index (χ1v) is 6.98. The molecule has 2 aromatic carbocycles. The third-order valence-electron chi connectivity index (χ3n) is 3.75. The summed E-state index contributed by atoms with van der Waals surface area (Å²) in [6, 6.07) is 17.0. The van der Waals surface area contributed by atoms with E-state index in [1.807, 2.05) is 50.4 Å². The molecule has 0 aliphatic heterocycles. The van der Waals surface area contributed by atoms with Gasteiger partial charge in [0.2, 0.25) is 0 Å². The molecule has 1 heterocycles. The predicted molar refractivity (Wildman–Crippen MR) is 83.8 cm³/mol. The van der Waals surface area contributed by atoms with Crippen LogP contribution in [0.3, 0.4) is 0 Å². The van der Waals surface area contributed by atoms with Crippen LogP contribution in [0.15, 0.2) is 54.6 Å². The van der Waals surface area contributed by atoms with Crippen LogP contribution in [0, 0.1) is 12.7 Å². The molecule has 1 atom stereocenters. The van der Waals surface area contributed by atoms with Gasteiger partial charge in [-0.1, -0.05) is 30.3 Å². The van der Waals surface area contributed by atoms with Crippen LogP contribution in [0.25, 0.3) is 10.9 Å². The molecule has 0 aliphatic carbocycles. The number of nitrogens with zero attached hydrogens (tertiary/aromatic N) is 1. The summed E-state index contributed by atoms with van der Waals surface area (Å²) in [6.07, 6.45) is 0. The average molecular weight is 280 g/mol. The Morgan fingerprint density at radius 2 is 1.86 bits per heavy atom. The number of rotatable bonds is 3. The van der Waals surface area contributed by atoms with Crippen molar-refractivity contribution in [3.05, 3.63) is 77.2 Å². The first kappa shape index (κ1) is 13.7. The second-order valence-corrected chi connectivity index (χ2v) is 5.15. The Kier molecular flexibility index (Phi) is 3.67. The summed E-state index contributed by atoms with van der Waals surface area (Å²) < 4.78 is 13.3. The minimum absolute atomic E-state index is 0.0461. The van der Waals surface area contributed by atoms with Gasteiger partial charge in [0.25, 0.3) is 0 Å². The zero-order valence-corrected chi connectivity index (χ0v) is 12.1. The van der Waals surface area contributed by atoms with Crippen molar-refractivity contribution in [2.45, 2.75) is 13.0 Å². The van der Waals surface area contributed by atoms with Crippen LogP contribution in [-0.2, 0) is 0 Å². The fraction of sp³-hybridized carbons (Fsp3) is 0.167. The summed E-state index contributed by atoms with van der Waals surface area (Å²) in [5.74, 6) is -0.211. The highest BCUT2D eigenvalue weighted by molar-refractivity contribution is 5.78. The van der Waals surface area contributed by atoms with E-state index in [2.05, 4.69) is 11.4 Å². The fourth-order valence-corrected chi connectivity index (χ4v) is 2.67. The zero-order valence-electron chi connectivity index (χ0n) is 12.1. The largest absolute Gasteiger partial charge is 0.308 e. The van der Waals surface area contributed by atoms with Gasteiger partial charge in [0, 0.05) is 5.39 Å². The van der Waals surface area contributed by atoms with E-state index in [0.717, 1.165) is 27.7 Å². The van der Waals surface area contributed by atoms with Gasteiger partial charge in [-0.3, -0.25) is 4.98 Å². The lowest BCUT2D eigenvalue weighted by atomic mass is 9.98. The van der Waals surface area contributed by atoms with Gasteiger partial charge in [0.15, 0.2) is 0 Å². The molecular formula is C18H17FN2. The molecule has 2 nitrogen and oxygen atoms in total. The van der Waals surface area contributed by atoms with E-state index < -0.39 is 0 Å². The summed E-state index contributed by atoms with van der Waals surface area (Å²) in [4.78, 5) is 4.73. The Bertz CT molecular complexity index is 783. The summed E-state index contributed by atoms with van der Waals surface area (Å²) in [5, 5.41) is 4.39. The van der Waals surface area contributed by atoms with Gasteiger partial charge in [0.05, 0.1) is 17.3 Å². The summed E-state index contributed by atoms with van der Waals surface area (Å²) in [6.45, 7) is 1.92. The molecule has 1 unspecified atom stereocenters. The number of aryl methyl sites for hydroxylation is 1. The van der Waals surface area contributed by atoms with Crippen LogP contribution in [0.4, 0.5) is 4.39 Å². The summed E-state index contributed by atoms with van der Waals surface area (Å²) >= 11 is 0. The normalized spacial score (nSPS) is 12.5. The minimum atomic E-state index is -0.211. The van der Waals surface area contributed by atoms with Gasteiger partial charge in [-0.05, 0) is 49.4 Å². The first-order chi connectivity index (χ1) is 10.2. The number of hydrogen-bond acceptors (Lipinski definition) is 2. The lowest BCUT2D eigenvalue weighted by Gasteiger charge is -2.19. The highest BCUT2D eigenvalue weighted by Gasteiger charge is 2.16. The molecule has 0 saturated heterocycles. The second-order valence-electron chi connectivity index (χ2n) is 5.15. The first-order valence-electron chi connectivity index (χ1n) is 6.98. The number of benzene rings is 2. The van der Waals surface area contributed by atoms with Crippen molar-refractivity contribution in [2.24, 2.45) is 0 Å². The van der Waals surface area contributed by atoms with Gasteiger partial charge < -0.3 is 5.32 Å². The topological polar surface area (TPSA) is 24.9 Å². The average Bonchev–Trinajstić information content (AvgIpc) is 2.50. The van der Waals surface area contributed by atoms with Crippen molar-refractivity contribution in [2.75, 3.05) is 7.05 Å². The van der Waals surface area contributed by atoms with Gasteiger partial charge in [-0.15, -0.1) is 0 Å². The van der Waals surface area contributed by atoms with Crippen molar-refractivity contribution in [3.8, 4) is 0 Å². The van der Waals surface area contributed by atoms with Crippen molar-refractivity contribution in [1.82, 2.24) is 10.3 Å². The molecule has 0 spiro atoms. The van der Waals surface area contributed by atoms with E-state index in [9.17, 15) is 4.39 Å². The molecule has 0 saturated carbocycles. The van der Waals surface area contributed by atoms with Gasteiger partial charge in [-0.2, -0.15) is 0 Å². The molecule has 3 rings (SSSR count). The zero-order chi connectivity index (χ0) is 14.8. The Balaban J connectivity index is 2.09. The molecule has 106 valence electrons. The lowest BCUT2D eigenvalue weighted by Crippen LogP contribution is -2.20. The molecule has 1 N–H and O–H groups in total. The maximum Gasteiger partial charge on any atom is 0.123 e. The third kappa shape index (κ3) is 2.65. The van der Waals surface area contributed by atoms with E-state index in [-0.39, 0.29) is 11.9 Å². The van der Waals surface area contributed by atoms with Crippen LogP contribution in [0.2, 0.25) is 0 Å². The van der Waals surface area contributed by atoms with Crippen LogP contribution >= 0.6 is 0 Å². The highest BCUT2D eigenvalue weighted by atomic mass is 19.1. The van der Waals surface area contributed by atoms with Crippen LogP contribution in [0.5, 0.6) is 0 Å². The molecule has 0 fully saturated rings. The van der Waals surface area contributed by atoms with E-state index >= 15 is 0 Å². The third-order valence-corrected chi connectivity index (χ3v) is 3.75. The van der Waals surface area contributed by atoms with E-state index in [1.54, 1.807) is 6.07 Å². The Hall–Kier alpha value is -2.26. The van der Waals surface area contributed by atoms with E-state index in [0.29, 0.717) is 0 Å². The monoisotopic (exact) mass is 280 g/mol. The van der Waals surface area contributed by atoms with Crippen LogP contribution < -0.4 is 5.32 Å².